The minimum Gasteiger partial charge on any atom is -0.508 e. The van der Waals surface area contributed by atoms with Crippen LogP contribution in [0.15, 0.2) is 48.0 Å². The van der Waals surface area contributed by atoms with E-state index in [2.05, 4.69) is 0 Å². The van der Waals surface area contributed by atoms with Crippen molar-refractivity contribution in [1.29, 1.82) is 0 Å². The van der Waals surface area contributed by atoms with Crippen LogP contribution >= 0.6 is 0 Å². The number of phenols is 1. The molecule has 0 aromatic heterocycles. The highest BCUT2D eigenvalue weighted by Crippen LogP contribution is 2.33. The Hall–Kier alpha value is -2.55. The zero-order valence-electron chi connectivity index (χ0n) is 11.1. The van der Waals surface area contributed by atoms with Crippen LogP contribution < -0.4 is 4.74 Å². The van der Waals surface area contributed by atoms with Crippen molar-refractivity contribution in [2.24, 2.45) is 0 Å². The van der Waals surface area contributed by atoms with Crippen molar-refractivity contribution in [1.82, 2.24) is 0 Å². The van der Waals surface area contributed by atoms with Gasteiger partial charge in [-0.15, -0.1) is 0 Å². The number of allylic oxidation sites excluding steroid dienone is 1. The molecule has 0 fully saturated rings. The molecule has 0 bridgehead atoms. The topological polar surface area (TPSA) is 46.5 Å². The summed E-state index contributed by atoms with van der Waals surface area (Å²) in [4.78, 5) is 12.3. The Labute approximate surface area is 117 Å². The molecule has 3 nitrogen and oxygen atoms in total. The highest BCUT2D eigenvalue weighted by molar-refractivity contribution is 6.16. The molecule has 0 heterocycles. The molecule has 2 aromatic rings. The first-order valence-corrected chi connectivity index (χ1v) is 6.39. The van der Waals surface area contributed by atoms with Gasteiger partial charge >= 0.3 is 0 Å². The summed E-state index contributed by atoms with van der Waals surface area (Å²) in [7, 11) is 1.61. The average Bonchev–Trinajstić information content (AvgIpc) is 2.78. The number of carbonyl (C=O) groups excluding carboxylic acids is 1. The fourth-order valence-electron chi connectivity index (χ4n) is 2.47. The van der Waals surface area contributed by atoms with Gasteiger partial charge in [-0.25, -0.2) is 0 Å². The van der Waals surface area contributed by atoms with E-state index in [0.29, 0.717) is 23.1 Å². The quantitative estimate of drug-likeness (QED) is 0.849. The van der Waals surface area contributed by atoms with Crippen LogP contribution in [0, 0.1) is 0 Å². The van der Waals surface area contributed by atoms with Gasteiger partial charge in [0.1, 0.15) is 11.5 Å². The molecule has 0 saturated heterocycles. The second-order valence-corrected chi connectivity index (χ2v) is 4.76. The molecule has 1 aliphatic rings. The first-order valence-electron chi connectivity index (χ1n) is 6.39. The third kappa shape index (κ3) is 2.07. The van der Waals surface area contributed by atoms with Gasteiger partial charge in [-0.1, -0.05) is 24.3 Å². The Bertz CT molecular complexity index is 714. The predicted octanol–water partition coefficient (Wildman–Crippen LogP) is 3.22. The van der Waals surface area contributed by atoms with Crippen molar-refractivity contribution in [3.8, 4) is 11.5 Å². The van der Waals surface area contributed by atoms with Crippen molar-refractivity contribution < 1.29 is 14.6 Å². The molecule has 3 heteroatoms. The van der Waals surface area contributed by atoms with E-state index in [9.17, 15) is 9.90 Å². The van der Waals surface area contributed by atoms with E-state index < -0.39 is 0 Å². The maximum Gasteiger partial charge on any atom is 0.189 e. The number of ether oxygens (including phenoxy) is 1. The largest absolute Gasteiger partial charge is 0.508 e. The Morgan fingerprint density at radius 1 is 1.20 bits per heavy atom. The Morgan fingerprint density at radius 3 is 2.75 bits per heavy atom. The van der Waals surface area contributed by atoms with Crippen molar-refractivity contribution in [2.75, 3.05) is 7.11 Å². The van der Waals surface area contributed by atoms with E-state index in [1.54, 1.807) is 25.3 Å². The van der Waals surface area contributed by atoms with E-state index in [0.717, 1.165) is 11.3 Å². The van der Waals surface area contributed by atoms with E-state index in [1.807, 2.05) is 30.3 Å². The van der Waals surface area contributed by atoms with Crippen molar-refractivity contribution in [3.63, 3.8) is 0 Å². The maximum atomic E-state index is 12.3. The van der Waals surface area contributed by atoms with Gasteiger partial charge in [0.25, 0.3) is 0 Å². The van der Waals surface area contributed by atoms with Crippen LogP contribution in [0.3, 0.4) is 0 Å². The van der Waals surface area contributed by atoms with E-state index in [1.165, 1.54) is 0 Å². The molecule has 20 heavy (non-hydrogen) atoms. The zero-order valence-corrected chi connectivity index (χ0v) is 11.1. The number of Topliss-reactive ketones (excluding diaryl/α,β-unsaturated/α-hetero) is 1. The van der Waals surface area contributed by atoms with Crippen molar-refractivity contribution in [3.05, 3.63) is 64.7 Å². The normalized spacial score (nSPS) is 15.4. The molecule has 2 aromatic carbocycles. The number of methoxy groups -OCH3 is 1. The van der Waals surface area contributed by atoms with Crippen molar-refractivity contribution in [2.45, 2.75) is 6.42 Å². The number of carbonyl (C=O) groups is 1. The molecule has 0 unspecified atom stereocenters. The second-order valence-electron chi connectivity index (χ2n) is 4.76. The summed E-state index contributed by atoms with van der Waals surface area (Å²) in [6.45, 7) is 0. The van der Waals surface area contributed by atoms with Crippen LogP contribution in [-0.2, 0) is 6.42 Å². The molecule has 0 spiro atoms. The van der Waals surface area contributed by atoms with Gasteiger partial charge in [-0.05, 0) is 29.8 Å². The summed E-state index contributed by atoms with van der Waals surface area (Å²) in [6, 6.07) is 12.6. The molecule has 0 aliphatic heterocycles. The van der Waals surface area contributed by atoms with Crippen LogP contribution in [0.5, 0.6) is 11.5 Å². The number of ketones is 1. The van der Waals surface area contributed by atoms with Crippen LogP contribution in [0.25, 0.3) is 6.08 Å². The Morgan fingerprint density at radius 2 is 2.00 bits per heavy atom. The molecule has 1 N–H and O–H groups in total. The number of benzene rings is 2. The van der Waals surface area contributed by atoms with Crippen LogP contribution in [0.4, 0.5) is 0 Å². The highest BCUT2D eigenvalue weighted by atomic mass is 16.5. The summed E-state index contributed by atoms with van der Waals surface area (Å²) < 4.78 is 5.17. The smallest absolute Gasteiger partial charge is 0.189 e. The van der Waals surface area contributed by atoms with Gasteiger partial charge in [0, 0.05) is 23.1 Å². The lowest BCUT2D eigenvalue weighted by atomic mass is 10.1. The third-order valence-corrected chi connectivity index (χ3v) is 3.49. The number of hydrogen-bond acceptors (Lipinski definition) is 3. The molecular weight excluding hydrogens is 252 g/mol. The van der Waals surface area contributed by atoms with E-state index in [-0.39, 0.29) is 11.5 Å². The number of aromatic hydroxyl groups is 1. The summed E-state index contributed by atoms with van der Waals surface area (Å²) in [5.41, 5.74) is 2.92. The summed E-state index contributed by atoms with van der Waals surface area (Å²) in [5.74, 6) is 0.925. The number of phenolic OH excluding ortho intramolecular Hbond substituents is 1. The molecule has 0 amide bonds. The second kappa shape index (κ2) is 4.85. The number of rotatable bonds is 2. The fourth-order valence-corrected chi connectivity index (χ4v) is 2.47. The minimum absolute atomic E-state index is 0.0151. The SMILES string of the molecule is COc1cccc(/C=C2/Cc3c(O)cccc3C2=O)c1. The molecule has 0 radical (unpaired) electrons. The number of fused-ring (bicyclic) bond motifs is 1. The summed E-state index contributed by atoms with van der Waals surface area (Å²) in [5, 5.41) is 9.82. The molecule has 3 rings (SSSR count). The molecule has 0 saturated carbocycles. The summed E-state index contributed by atoms with van der Waals surface area (Å²) in [6.07, 6.45) is 2.32. The lowest BCUT2D eigenvalue weighted by molar-refractivity contribution is 0.104. The lowest BCUT2D eigenvalue weighted by Gasteiger charge is -2.01. The predicted molar refractivity (Wildman–Crippen MR) is 77.1 cm³/mol. The third-order valence-electron chi connectivity index (χ3n) is 3.49. The van der Waals surface area contributed by atoms with Crippen LogP contribution in [0.1, 0.15) is 21.5 Å². The van der Waals surface area contributed by atoms with Crippen LogP contribution in [-0.4, -0.2) is 18.0 Å². The monoisotopic (exact) mass is 266 g/mol. The van der Waals surface area contributed by atoms with Gasteiger partial charge < -0.3 is 9.84 Å². The Balaban J connectivity index is 1.99. The first kappa shape index (κ1) is 12.5. The number of hydrogen-bond donors (Lipinski definition) is 1. The van der Waals surface area contributed by atoms with Crippen molar-refractivity contribution >= 4 is 11.9 Å². The fraction of sp³-hybridized carbons (Fsp3) is 0.118. The van der Waals surface area contributed by atoms with Gasteiger partial charge in [0.15, 0.2) is 5.78 Å². The van der Waals surface area contributed by atoms with Gasteiger partial charge in [0.05, 0.1) is 7.11 Å². The highest BCUT2D eigenvalue weighted by Gasteiger charge is 2.26. The average molecular weight is 266 g/mol. The molecule has 1 aliphatic carbocycles. The maximum absolute atomic E-state index is 12.3. The molecule has 0 atom stereocenters. The zero-order chi connectivity index (χ0) is 14.1. The first-order chi connectivity index (χ1) is 9.69. The van der Waals surface area contributed by atoms with Gasteiger partial charge in [0.2, 0.25) is 0 Å². The van der Waals surface area contributed by atoms with Gasteiger partial charge in [-0.3, -0.25) is 4.79 Å². The standard InChI is InChI=1S/C17H14O3/c1-20-13-5-2-4-11(9-13)8-12-10-15-14(17(12)19)6-3-7-16(15)18/h2-9,18H,10H2,1H3/b12-8-. The Kier molecular flexibility index (Phi) is 3.03. The van der Waals surface area contributed by atoms with E-state index in [4.69, 9.17) is 4.74 Å². The summed E-state index contributed by atoms with van der Waals surface area (Å²) >= 11 is 0. The van der Waals surface area contributed by atoms with Crippen LogP contribution in [0.2, 0.25) is 0 Å². The minimum atomic E-state index is -0.0151. The lowest BCUT2D eigenvalue weighted by Crippen LogP contribution is -1.95. The molecule has 100 valence electrons. The molecular formula is C17H14O3. The van der Waals surface area contributed by atoms with E-state index >= 15 is 0 Å². The van der Waals surface area contributed by atoms with Gasteiger partial charge in [-0.2, -0.15) is 0 Å².